The van der Waals surface area contributed by atoms with Crippen LogP contribution in [0.4, 0.5) is 0 Å². The highest BCUT2D eigenvalue weighted by Crippen LogP contribution is 2.31. The molecule has 0 aliphatic rings. The minimum absolute atomic E-state index is 0.180. The van der Waals surface area contributed by atoms with E-state index in [-0.39, 0.29) is 31.5 Å². The van der Waals surface area contributed by atoms with E-state index in [4.69, 9.17) is 32.9 Å². The van der Waals surface area contributed by atoms with Crippen LogP contribution in [0.5, 0.6) is 17.4 Å². The molecule has 0 aliphatic heterocycles. The van der Waals surface area contributed by atoms with Crippen molar-refractivity contribution >= 4 is 18.1 Å². The van der Waals surface area contributed by atoms with E-state index in [2.05, 4.69) is 9.97 Å². The maximum absolute atomic E-state index is 11.8. The standard InChI is InChI=1S/C40H40N4O7/c1-6-47-37(45)21-28-12-15-30(16-13-28)39-42-34(27(4)51-39)25-48-35-19-14-29(20-36(35)46-5)23-49-40-31(17-18-32-24-50-38(41-32)26(2)3)22-44(43-40)33-10-8-7-9-11-33/h7-20,22,24,26H,6,21,23,25H2,1-5H3. The zero-order valence-corrected chi connectivity index (χ0v) is 29.3. The quantitative estimate of drug-likeness (QED) is 0.0972. The summed E-state index contributed by atoms with van der Waals surface area (Å²) in [5.41, 5.74) is 5.60. The minimum Gasteiger partial charge on any atom is -0.493 e. The maximum atomic E-state index is 11.8. The first kappa shape index (κ1) is 34.8. The molecule has 0 amide bonds. The van der Waals surface area contributed by atoms with Crippen LogP contribution in [0.2, 0.25) is 0 Å². The van der Waals surface area contributed by atoms with Gasteiger partial charge in [-0.15, -0.1) is 5.10 Å². The molecule has 0 saturated carbocycles. The first-order valence-corrected chi connectivity index (χ1v) is 16.7. The van der Waals surface area contributed by atoms with Gasteiger partial charge in [0.2, 0.25) is 11.8 Å². The summed E-state index contributed by atoms with van der Waals surface area (Å²) >= 11 is 0. The van der Waals surface area contributed by atoms with Crippen LogP contribution >= 0.6 is 0 Å². The van der Waals surface area contributed by atoms with Crippen molar-refractivity contribution in [3.63, 3.8) is 0 Å². The van der Waals surface area contributed by atoms with E-state index in [1.54, 1.807) is 25.0 Å². The largest absolute Gasteiger partial charge is 0.493 e. The van der Waals surface area contributed by atoms with Crippen LogP contribution in [0.25, 0.3) is 29.3 Å². The first-order chi connectivity index (χ1) is 24.8. The Morgan fingerprint density at radius 2 is 1.71 bits per heavy atom. The fourth-order valence-corrected chi connectivity index (χ4v) is 5.18. The molecule has 0 spiro atoms. The van der Waals surface area contributed by atoms with Gasteiger partial charge in [-0.25, -0.2) is 14.6 Å². The Bertz CT molecular complexity index is 2090. The average Bonchev–Trinajstić information content (AvgIpc) is 3.88. The molecule has 51 heavy (non-hydrogen) atoms. The zero-order chi connectivity index (χ0) is 35.7. The second-order valence-corrected chi connectivity index (χ2v) is 12.0. The lowest BCUT2D eigenvalue weighted by Gasteiger charge is -2.12. The lowest BCUT2D eigenvalue weighted by molar-refractivity contribution is -0.142. The van der Waals surface area contributed by atoms with Crippen LogP contribution in [0, 0.1) is 6.92 Å². The molecular formula is C40H40N4O7. The van der Waals surface area contributed by atoms with E-state index < -0.39 is 0 Å². The van der Waals surface area contributed by atoms with Crippen molar-refractivity contribution in [2.75, 3.05) is 13.7 Å². The predicted octanol–water partition coefficient (Wildman–Crippen LogP) is 8.39. The molecular weight excluding hydrogens is 648 g/mol. The fourth-order valence-electron chi connectivity index (χ4n) is 5.18. The molecule has 3 aromatic carbocycles. The summed E-state index contributed by atoms with van der Waals surface area (Å²) in [6, 6.07) is 23.0. The Labute approximate surface area is 296 Å². The number of nitrogens with zero attached hydrogens (tertiary/aromatic N) is 4. The fraction of sp³-hybridized carbons (Fsp3) is 0.250. The molecule has 0 N–H and O–H groups in total. The SMILES string of the molecule is CCOC(=O)Cc1ccc(-c2nc(COc3ccc(COc4nn(-c5ccccc5)cc4C=Cc4coc(C(C)C)n4)cc3OC)c(C)o2)cc1. The molecule has 0 saturated heterocycles. The van der Waals surface area contributed by atoms with Gasteiger partial charge in [0.05, 0.1) is 31.4 Å². The van der Waals surface area contributed by atoms with E-state index >= 15 is 0 Å². The smallest absolute Gasteiger partial charge is 0.310 e. The van der Waals surface area contributed by atoms with E-state index in [1.807, 2.05) is 112 Å². The number of esters is 1. The van der Waals surface area contributed by atoms with E-state index in [9.17, 15) is 4.79 Å². The van der Waals surface area contributed by atoms with E-state index in [0.717, 1.165) is 33.6 Å². The third-order valence-corrected chi connectivity index (χ3v) is 7.91. The average molecular weight is 689 g/mol. The van der Waals surface area contributed by atoms with Crippen molar-refractivity contribution in [1.82, 2.24) is 19.7 Å². The number of hydrogen-bond donors (Lipinski definition) is 0. The monoisotopic (exact) mass is 688 g/mol. The van der Waals surface area contributed by atoms with Gasteiger partial charge in [0.1, 0.15) is 36.6 Å². The molecule has 11 heteroatoms. The molecule has 0 atom stereocenters. The minimum atomic E-state index is -0.259. The number of rotatable bonds is 15. The van der Waals surface area contributed by atoms with Gasteiger partial charge in [0, 0.05) is 17.7 Å². The second-order valence-electron chi connectivity index (χ2n) is 12.0. The lowest BCUT2D eigenvalue weighted by atomic mass is 10.1. The molecule has 0 radical (unpaired) electrons. The van der Waals surface area contributed by atoms with Crippen molar-refractivity contribution in [1.29, 1.82) is 0 Å². The molecule has 262 valence electrons. The van der Waals surface area contributed by atoms with Gasteiger partial charge in [-0.2, -0.15) is 0 Å². The molecule has 3 aromatic heterocycles. The number of ether oxygens (including phenoxy) is 4. The maximum Gasteiger partial charge on any atom is 0.310 e. The van der Waals surface area contributed by atoms with Crippen molar-refractivity contribution < 1.29 is 32.6 Å². The van der Waals surface area contributed by atoms with Gasteiger partial charge in [-0.1, -0.05) is 50.2 Å². The molecule has 0 aliphatic carbocycles. The predicted molar refractivity (Wildman–Crippen MR) is 192 cm³/mol. The topological polar surface area (TPSA) is 124 Å². The molecule has 0 fully saturated rings. The Morgan fingerprint density at radius 1 is 0.922 bits per heavy atom. The Morgan fingerprint density at radius 3 is 2.43 bits per heavy atom. The Kier molecular flexibility index (Phi) is 11.0. The van der Waals surface area contributed by atoms with Gasteiger partial charge < -0.3 is 27.8 Å². The normalized spacial score (nSPS) is 11.3. The first-order valence-electron chi connectivity index (χ1n) is 16.7. The summed E-state index contributed by atoms with van der Waals surface area (Å²) in [5.74, 6) is 3.31. The summed E-state index contributed by atoms with van der Waals surface area (Å²) in [6.45, 7) is 8.49. The van der Waals surface area contributed by atoms with Gasteiger partial charge >= 0.3 is 5.97 Å². The van der Waals surface area contributed by atoms with Crippen molar-refractivity contribution in [2.24, 2.45) is 0 Å². The second kappa shape index (κ2) is 16.1. The molecule has 6 rings (SSSR count). The number of aryl methyl sites for hydroxylation is 1. The van der Waals surface area contributed by atoms with Gasteiger partial charge in [-0.05, 0) is 73.5 Å². The highest BCUT2D eigenvalue weighted by atomic mass is 16.5. The number of benzene rings is 3. The number of aromatic nitrogens is 4. The van der Waals surface area contributed by atoms with Gasteiger partial charge in [0.15, 0.2) is 17.4 Å². The molecule has 3 heterocycles. The van der Waals surface area contributed by atoms with Crippen molar-refractivity contribution in [2.45, 2.75) is 53.2 Å². The highest BCUT2D eigenvalue weighted by Gasteiger charge is 2.16. The number of para-hydroxylation sites is 1. The number of methoxy groups -OCH3 is 1. The third kappa shape index (κ3) is 8.74. The molecule has 11 nitrogen and oxygen atoms in total. The number of hydrogen-bond acceptors (Lipinski definition) is 10. The lowest BCUT2D eigenvalue weighted by Crippen LogP contribution is -2.07. The number of oxazole rings is 2. The molecule has 0 unspecified atom stereocenters. The summed E-state index contributed by atoms with van der Waals surface area (Å²) in [6.07, 6.45) is 7.57. The van der Waals surface area contributed by atoms with Crippen LogP contribution in [-0.2, 0) is 29.2 Å². The summed E-state index contributed by atoms with van der Waals surface area (Å²) < 4.78 is 36.4. The van der Waals surface area contributed by atoms with Gasteiger partial charge in [-0.3, -0.25) is 4.79 Å². The molecule has 0 bridgehead atoms. The summed E-state index contributed by atoms with van der Waals surface area (Å²) in [4.78, 5) is 21.0. The summed E-state index contributed by atoms with van der Waals surface area (Å²) in [5, 5.41) is 4.73. The Balaban J connectivity index is 1.12. The van der Waals surface area contributed by atoms with E-state index in [1.165, 1.54) is 0 Å². The van der Waals surface area contributed by atoms with Crippen LogP contribution in [0.3, 0.4) is 0 Å². The van der Waals surface area contributed by atoms with E-state index in [0.29, 0.717) is 47.2 Å². The third-order valence-electron chi connectivity index (χ3n) is 7.91. The number of carbonyl (C=O) groups is 1. The van der Waals surface area contributed by atoms with Crippen molar-refractivity contribution in [3.05, 3.63) is 125 Å². The molecule has 6 aromatic rings. The number of carbonyl (C=O) groups excluding carboxylic acids is 1. The van der Waals surface area contributed by atoms with Gasteiger partial charge in [0.25, 0.3) is 0 Å². The van der Waals surface area contributed by atoms with Crippen LogP contribution in [0.15, 0.2) is 94.1 Å². The summed E-state index contributed by atoms with van der Waals surface area (Å²) in [7, 11) is 1.59. The Hall–Kier alpha value is -6.10. The van der Waals surface area contributed by atoms with Crippen LogP contribution in [-0.4, -0.2) is 39.4 Å². The zero-order valence-electron chi connectivity index (χ0n) is 29.3. The van der Waals surface area contributed by atoms with Crippen molar-refractivity contribution in [3.8, 4) is 34.5 Å². The van der Waals surface area contributed by atoms with Crippen LogP contribution < -0.4 is 14.2 Å². The van der Waals surface area contributed by atoms with Crippen LogP contribution in [0.1, 0.15) is 66.4 Å². The highest BCUT2D eigenvalue weighted by molar-refractivity contribution is 5.73.